The van der Waals surface area contributed by atoms with Gasteiger partial charge in [0.25, 0.3) is 0 Å². The summed E-state index contributed by atoms with van der Waals surface area (Å²) in [6, 6.07) is 14.7. The summed E-state index contributed by atoms with van der Waals surface area (Å²) in [7, 11) is 0. The van der Waals surface area contributed by atoms with Crippen LogP contribution in [0.25, 0.3) is 16.8 Å². The van der Waals surface area contributed by atoms with Gasteiger partial charge < -0.3 is 10.0 Å². The molecule has 0 radical (unpaired) electrons. The summed E-state index contributed by atoms with van der Waals surface area (Å²) in [5.41, 5.74) is 6.23. The lowest BCUT2D eigenvalue weighted by Gasteiger charge is -2.30. The van der Waals surface area contributed by atoms with Gasteiger partial charge in [-0.05, 0) is 78.8 Å². The summed E-state index contributed by atoms with van der Waals surface area (Å²) >= 11 is 0. The lowest BCUT2D eigenvalue weighted by molar-refractivity contribution is -0.132. The number of hydrogen-bond acceptors (Lipinski definition) is 3. The van der Waals surface area contributed by atoms with E-state index in [1.807, 2.05) is 18.2 Å². The van der Waals surface area contributed by atoms with E-state index in [4.69, 9.17) is 10.4 Å². The van der Waals surface area contributed by atoms with E-state index in [0.717, 1.165) is 29.2 Å². The molecule has 1 heterocycles. The zero-order chi connectivity index (χ0) is 20.8. The summed E-state index contributed by atoms with van der Waals surface area (Å²) in [4.78, 5) is 13.8. The Bertz CT molecular complexity index is 1200. The molecule has 150 valence electrons. The molecule has 0 spiro atoms. The summed E-state index contributed by atoms with van der Waals surface area (Å²) in [5, 5.41) is 20.4. The molecule has 4 nitrogen and oxygen atoms in total. The van der Waals surface area contributed by atoms with Crippen LogP contribution in [-0.4, -0.2) is 17.1 Å². The Balaban J connectivity index is 1.58. The predicted molar refractivity (Wildman–Crippen MR) is 119 cm³/mol. The number of aliphatic carboxylic acids is 1. The van der Waals surface area contributed by atoms with Crippen LogP contribution in [0, 0.1) is 17.2 Å². The van der Waals surface area contributed by atoms with Gasteiger partial charge in [-0.3, -0.25) is 0 Å². The summed E-state index contributed by atoms with van der Waals surface area (Å²) < 4.78 is 0. The lowest BCUT2D eigenvalue weighted by atomic mass is 9.90. The van der Waals surface area contributed by atoms with Crippen LogP contribution in [0.1, 0.15) is 44.6 Å². The van der Waals surface area contributed by atoms with Gasteiger partial charge in [0.1, 0.15) is 11.6 Å². The second-order valence-corrected chi connectivity index (χ2v) is 8.63. The van der Waals surface area contributed by atoms with Crippen LogP contribution in [0.5, 0.6) is 0 Å². The van der Waals surface area contributed by atoms with Crippen molar-refractivity contribution in [3.63, 3.8) is 0 Å². The van der Waals surface area contributed by atoms with Crippen LogP contribution in [0.2, 0.25) is 0 Å². The molecule has 0 amide bonds. The Labute approximate surface area is 176 Å². The number of fused-ring (bicyclic) bond motifs is 3. The standard InChI is InChI=1S/C26H24N2O2/c1-16-5-10-25-23(11-16)22-3-2-4-24(22)28(25)21-9-8-18-7-6-17(12-19(18)14-21)13-20(15-27)26(29)30/h6-9,11-14,22,24H,2-5,10H2,1H3,(H,29,30)/b20-13+. The highest BCUT2D eigenvalue weighted by atomic mass is 16.4. The number of allylic oxidation sites excluding steroid dienone is 3. The fourth-order valence-electron chi connectivity index (χ4n) is 5.42. The number of nitriles is 1. The molecule has 2 aliphatic carbocycles. The van der Waals surface area contributed by atoms with Gasteiger partial charge in [0.2, 0.25) is 0 Å². The predicted octanol–water partition coefficient (Wildman–Crippen LogP) is 5.81. The molecule has 0 bridgehead atoms. The van der Waals surface area contributed by atoms with Gasteiger partial charge in [-0.15, -0.1) is 0 Å². The van der Waals surface area contributed by atoms with Crippen molar-refractivity contribution >= 4 is 28.5 Å². The Morgan fingerprint density at radius 2 is 2.00 bits per heavy atom. The minimum absolute atomic E-state index is 0.252. The first-order chi connectivity index (χ1) is 14.5. The van der Waals surface area contributed by atoms with Gasteiger partial charge in [-0.25, -0.2) is 4.79 Å². The van der Waals surface area contributed by atoms with Crippen molar-refractivity contribution in [3.05, 3.63) is 70.5 Å². The van der Waals surface area contributed by atoms with E-state index in [0.29, 0.717) is 12.0 Å². The Hall–Kier alpha value is -3.32. The van der Waals surface area contributed by atoms with E-state index >= 15 is 0 Å². The fraction of sp³-hybridized carbons (Fsp3) is 0.308. The third-order valence-corrected chi connectivity index (χ3v) is 6.78. The molecule has 1 saturated carbocycles. The second kappa shape index (κ2) is 7.18. The number of carboxylic acids is 1. The molecule has 30 heavy (non-hydrogen) atoms. The van der Waals surface area contributed by atoms with E-state index < -0.39 is 5.97 Å². The highest BCUT2D eigenvalue weighted by Gasteiger charge is 2.43. The third-order valence-electron chi connectivity index (χ3n) is 6.78. The quantitative estimate of drug-likeness (QED) is 0.525. The number of benzene rings is 2. The van der Waals surface area contributed by atoms with E-state index in [9.17, 15) is 4.79 Å². The average Bonchev–Trinajstić information content (AvgIpc) is 3.32. The van der Waals surface area contributed by atoms with Gasteiger partial charge in [-0.2, -0.15) is 5.26 Å². The van der Waals surface area contributed by atoms with E-state index in [-0.39, 0.29) is 5.57 Å². The van der Waals surface area contributed by atoms with Crippen LogP contribution < -0.4 is 4.90 Å². The van der Waals surface area contributed by atoms with Crippen molar-refractivity contribution in [2.45, 2.75) is 45.1 Å². The van der Waals surface area contributed by atoms with Gasteiger partial charge in [0.15, 0.2) is 0 Å². The number of nitrogens with zero attached hydrogens (tertiary/aromatic N) is 2. The molecule has 1 aliphatic heterocycles. The molecule has 0 aromatic heterocycles. The first-order valence-corrected chi connectivity index (χ1v) is 10.6. The number of anilines is 1. The SMILES string of the molecule is CC1=CC2=C(CC1)N(c1ccc3ccc(/C=C(\C#N)C(=O)O)cc3c1)C1CCCC21. The van der Waals surface area contributed by atoms with Crippen molar-refractivity contribution in [2.75, 3.05) is 4.90 Å². The third kappa shape index (κ3) is 3.02. The monoisotopic (exact) mass is 396 g/mol. The van der Waals surface area contributed by atoms with Crippen molar-refractivity contribution in [1.82, 2.24) is 0 Å². The van der Waals surface area contributed by atoms with Crippen molar-refractivity contribution in [3.8, 4) is 6.07 Å². The summed E-state index contributed by atoms with van der Waals surface area (Å²) in [5.74, 6) is -0.551. The molecule has 2 unspecified atom stereocenters. The van der Waals surface area contributed by atoms with E-state index in [1.165, 1.54) is 42.3 Å². The second-order valence-electron chi connectivity index (χ2n) is 8.63. The Kier molecular flexibility index (Phi) is 4.47. The summed E-state index contributed by atoms with van der Waals surface area (Å²) in [6.07, 6.45) is 9.89. The Morgan fingerprint density at radius 3 is 2.80 bits per heavy atom. The summed E-state index contributed by atoms with van der Waals surface area (Å²) in [6.45, 7) is 2.24. The van der Waals surface area contributed by atoms with Gasteiger partial charge in [-0.1, -0.05) is 36.3 Å². The highest BCUT2D eigenvalue weighted by molar-refractivity contribution is 5.97. The first kappa shape index (κ1) is 18.7. The largest absolute Gasteiger partial charge is 0.477 e. The minimum Gasteiger partial charge on any atom is -0.477 e. The fourth-order valence-corrected chi connectivity index (χ4v) is 5.42. The molecular weight excluding hydrogens is 372 g/mol. The molecule has 3 aliphatic rings. The lowest BCUT2D eigenvalue weighted by Crippen LogP contribution is -2.31. The highest BCUT2D eigenvalue weighted by Crippen LogP contribution is 2.50. The van der Waals surface area contributed by atoms with Gasteiger partial charge in [0.05, 0.1) is 0 Å². The molecule has 1 fully saturated rings. The molecule has 2 aromatic rings. The van der Waals surface area contributed by atoms with E-state index in [2.05, 4.69) is 36.1 Å². The normalized spacial score (nSPS) is 23.3. The number of rotatable bonds is 3. The minimum atomic E-state index is -1.20. The van der Waals surface area contributed by atoms with Crippen LogP contribution in [0.4, 0.5) is 5.69 Å². The van der Waals surface area contributed by atoms with Crippen molar-refractivity contribution in [2.24, 2.45) is 5.92 Å². The maximum atomic E-state index is 11.2. The molecular formula is C26H24N2O2. The van der Waals surface area contributed by atoms with Crippen molar-refractivity contribution in [1.29, 1.82) is 5.26 Å². The van der Waals surface area contributed by atoms with Crippen LogP contribution in [0.3, 0.4) is 0 Å². The molecule has 1 N–H and O–H groups in total. The number of hydrogen-bond donors (Lipinski definition) is 1. The average molecular weight is 396 g/mol. The zero-order valence-electron chi connectivity index (χ0n) is 17.1. The maximum Gasteiger partial charge on any atom is 0.346 e. The van der Waals surface area contributed by atoms with Crippen LogP contribution >= 0.6 is 0 Å². The number of carboxylic acid groups (broad SMARTS) is 1. The maximum absolute atomic E-state index is 11.2. The van der Waals surface area contributed by atoms with Crippen LogP contribution in [0.15, 0.2) is 64.9 Å². The molecule has 4 heteroatoms. The molecule has 2 aromatic carbocycles. The smallest absolute Gasteiger partial charge is 0.346 e. The zero-order valence-corrected chi connectivity index (χ0v) is 17.1. The van der Waals surface area contributed by atoms with Crippen molar-refractivity contribution < 1.29 is 9.90 Å². The van der Waals surface area contributed by atoms with E-state index in [1.54, 1.807) is 11.6 Å². The Morgan fingerprint density at radius 1 is 1.17 bits per heavy atom. The van der Waals surface area contributed by atoms with Gasteiger partial charge >= 0.3 is 5.97 Å². The first-order valence-electron chi connectivity index (χ1n) is 10.6. The molecule has 0 saturated heterocycles. The van der Waals surface area contributed by atoms with Gasteiger partial charge in [0, 0.05) is 23.3 Å². The molecule has 2 atom stereocenters. The number of carbonyl (C=O) groups is 1. The molecule has 5 rings (SSSR count). The topological polar surface area (TPSA) is 64.3 Å². The van der Waals surface area contributed by atoms with Crippen LogP contribution in [-0.2, 0) is 4.79 Å².